The fourth-order valence-electron chi connectivity index (χ4n) is 2.64. The lowest BCUT2D eigenvalue weighted by Crippen LogP contribution is -2.38. The molecular weight excluding hydrogens is 342 g/mol. The highest BCUT2D eigenvalue weighted by Gasteiger charge is 2.17. The summed E-state index contributed by atoms with van der Waals surface area (Å²) in [5.41, 5.74) is 2.20. The van der Waals surface area contributed by atoms with Gasteiger partial charge in [-0.1, -0.05) is 32.0 Å². The van der Waals surface area contributed by atoms with Gasteiger partial charge in [0.25, 0.3) is 5.91 Å². The first kappa shape index (κ1) is 20.6. The van der Waals surface area contributed by atoms with Crippen LogP contribution in [-0.4, -0.2) is 32.3 Å². The largest absolute Gasteiger partial charge is 0.497 e. The van der Waals surface area contributed by atoms with Gasteiger partial charge in [-0.3, -0.25) is 4.79 Å². The third-order valence-electron chi connectivity index (χ3n) is 4.18. The molecule has 2 rings (SSSR count). The molecular formula is C22H29NO4. The Labute approximate surface area is 161 Å². The van der Waals surface area contributed by atoms with Gasteiger partial charge < -0.3 is 19.5 Å². The van der Waals surface area contributed by atoms with Gasteiger partial charge in [0.2, 0.25) is 0 Å². The monoisotopic (exact) mass is 371 g/mol. The fraction of sp³-hybridized carbons (Fsp3) is 0.409. The van der Waals surface area contributed by atoms with Gasteiger partial charge >= 0.3 is 0 Å². The zero-order chi connectivity index (χ0) is 19.8. The van der Waals surface area contributed by atoms with E-state index >= 15 is 0 Å². The number of hydrogen-bond donors (Lipinski definition) is 1. The lowest BCUT2D eigenvalue weighted by atomic mass is 10.0. The van der Waals surface area contributed by atoms with Crippen molar-refractivity contribution in [1.82, 2.24) is 5.32 Å². The zero-order valence-corrected chi connectivity index (χ0v) is 16.7. The van der Waals surface area contributed by atoms with Crippen molar-refractivity contribution in [3.8, 4) is 17.2 Å². The minimum absolute atomic E-state index is 0.166. The van der Waals surface area contributed by atoms with E-state index in [4.69, 9.17) is 14.2 Å². The highest BCUT2D eigenvalue weighted by atomic mass is 16.5. The lowest BCUT2D eigenvalue weighted by Gasteiger charge is -2.19. The molecule has 1 atom stereocenters. The number of benzene rings is 2. The predicted molar refractivity (Wildman–Crippen MR) is 107 cm³/mol. The van der Waals surface area contributed by atoms with Gasteiger partial charge in [0.05, 0.1) is 13.7 Å². The number of hydrogen-bond acceptors (Lipinski definition) is 4. The van der Waals surface area contributed by atoms with Gasteiger partial charge in [-0.25, -0.2) is 0 Å². The molecule has 0 saturated carbocycles. The molecule has 5 heteroatoms. The first-order valence-electron chi connectivity index (χ1n) is 9.22. The topological polar surface area (TPSA) is 56.8 Å². The number of amides is 1. The highest BCUT2D eigenvalue weighted by molar-refractivity contribution is 5.80. The first-order valence-corrected chi connectivity index (χ1v) is 9.22. The quantitative estimate of drug-likeness (QED) is 0.675. The van der Waals surface area contributed by atoms with Crippen molar-refractivity contribution in [3.05, 3.63) is 53.6 Å². The van der Waals surface area contributed by atoms with Crippen molar-refractivity contribution in [3.63, 3.8) is 0 Å². The molecule has 0 aromatic heterocycles. The number of methoxy groups -OCH3 is 1. The lowest BCUT2D eigenvalue weighted by molar-refractivity contribution is -0.127. The van der Waals surface area contributed by atoms with Gasteiger partial charge in [0.1, 0.15) is 23.9 Å². The van der Waals surface area contributed by atoms with Gasteiger partial charge in [-0.2, -0.15) is 0 Å². The normalized spacial score (nSPS) is 11.8. The molecule has 146 valence electrons. The van der Waals surface area contributed by atoms with E-state index in [-0.39, 0.29) is 5.91 Å². The molecule has 0 aliphatic heterocycles. The molecule has 5 nitrogen and oxygen atoms in total. The molecule has 0 spiro atoms. The number of rotatable bonds is 9. The summed E-state index contributed by atoms with van der Waals surface area (Å²) in [5.74, 6) is 2.36. The summed E-state index contributed by atoms with van der Waals surface area (Å²) < 4.78 is 16.7. The molecule has 27 heavy (non-hydrogen) atoms. The van der Waals surface area contributed by atoms with Crippen LogP contribution in [0.4, 0.5) is 0 Å². The third-order valence-corrected chi connectivity index (χ3v) is 4.18. The fourth-order valence-corrected chi connectivity index (χ4v) is 2.64. The molecule has 0 aliphatic carbocycles. The van der Waals surface area contributed by atoms with Crippen LogP contribution in [0.2, 0.25) is 0 Å². The second kappa shape index (κ2) is 9.86. The average molecular weight is 371 g/mol. The average Bonchev–Trinajstić information content (AvgIpc) is 2.65. The van der Waals surface area contributed by atoms with Crippen molar-refractivity contribution < 1.29 is 19.0 Å². The van der Waals surface area contributed by atoms with Crippen molar-refractivity contribution in [2.45, 2.75) is 39.7 Å². The van der Waals surface area contributed by atoms with Crippen molar-refractivity contribution in [2.24, 2.45) is 0 Å². The summed E-state index contributed by atoms with van der Waals surface area (Å²) in [6, 6.07) is 13.5. The van der Waals surface area contributed by atoms with Crippen LogP contribution in [0, 0.1) is 6.92 Å². The minimum Gasteiger partial charge on any atom is -0.497 e. The summed E-state index contributed by atoms with van der Waals surface area (Å²) in [7, 11) is 1.61. The standard InChI is InChI=1S/C22H29NO4/c1-15(2)20-10-9-16(3)13-21(20)27-17(4)22(24)23-11-12-26-19-8-6-7-18(14-19)25-5/h6-10,13-15,17H,11-12H2,1-5H3,(H,23,24)/t17-/m0/s1. The van der Waals surface area contributed by atoms with E-state index in [0.717, 1.165) is 22.6 Å². The van der Waals surface area contributed by atoms with Crippen molar-refractivity contribution in [2.75, 3.05) is 20.3 Å². The zero-order valence-electron chi connectivity index (χ0n) is 16.7. The van der Waals surface area contributed by atoms with E-state index < -0.39 is 6.10 Å². The number of carbonyl (C=O) groups is 1. The van der Waals surface area contributed by atoms with E-state index in [2.05, 4.69) is 31.3 Å². The Morgan fingerprint density at radius 1 is 1.07 bits per heavy atom. The summed E-state index contributed by atoms with van der Waals surface area (Å²) in [4.78, 5) is 12.3. The molecule has 0 radical (unpaired) electrons. The molecule has 0 unspecified atom stereocenters. The van der Waals surface area contributed by atoms with Gasteiger partial charge in [0.15, 0.2) is 6.10 Å². The number of carbonyl (C=O) groups excluding carboxylic acids is 1. The Kier molecular flexibility index (Phi) is 7.53. The molecule has 2 aromatic carbocycles. The Balaban J connectivity index is 1.83. The second-order valence-corrected chi connectivity index (χ2v) is 6.77. The van der Waals surface area contributed by atoms with Crippen LogP contribution >= 0.6 is 0 Å². The smallest absolute Gasteiger partial charge is 0.260 e. The van der Waals surface area contributed by atoms with Crippen LogP contribution in [0.3, 0.4) is 0 Å². The van der Waals surface area contributed by atoms with E-state index in [9.17, 15) is 4.79 Å². The first-order chi connectivity index (χ1) is 12.9. The molecule has 0 saturated heterocycles. The van der Waals surface area contributed by atoms with Gasteiger partial charge in [-0.05, 0) is 49.1 Å². The van der Waals surface area contributed by atoms with Crippen LogP contribution in [0.1, 0.15) is 37.8 Å². The van der Waals surface area contributed by atoms with Crippen LogP contribution in [0.15, 0.2) is 42.5 Å². The van der Waals surface area contributed by atoms with Crippen molar-refractivity contribution in [1.29, 1.82) is 0 Å². The highest BCUT2D eigenvalue weighted by Crippen LogP contribution is 2.28. The third kappa shape index (κ3) is 6.20. The minimum atomic E-state index is -0.582. The molecule has 0 aliphatic rings. The van der Waals surface area contributed by atoms with Gasteiger partial charge in [-0.15, -0.1) is 0 Å². The molecule has 0 heterocycles. The molecule has 1 N–H and O–H groups in total. The maximum absolute atomic E-state index is 12.3. The maximum Gasteiger partial charge on any atom is 0.260 e. The molecule has 0 fully saturated rings. The number of ether oxygens (including phenoxy) is 3. The Morgan fingerprint density at radius 3 is 2.52 bits per heavy atom. The van der Waals surface area contributed by atoms with E-state index in [1.165, 1.54) is 0 Å². The van der Waals surface area contributed by atoms with Crippen LogP contribution in [-0.2, 0) is 4.79 Å². The second-order valence-electron chi connectivity index (χ2n) is 6.77. The Morgan fingerprint density at radius 2 is 1.81 bits per heavy atom. The maximum atomic E-state index is 12.3. The van der Waals surface area contributed by atoms with Crippen LogP contribution in [0.25, 0.3) is 0 Å². The summed E-state index contributed by atoms with van der Waals surface area (Å²) in [6.45, 7) is 8.75. The van der Waals surface area contributed by atoms with E-state index in [0.29, 0.717) is 24.8 Å². The number of nitrogens with one attached hydrogen (secondary N) is 1. The summed E-state index contributed by atoms with van der Waals surface area (Å²) >= 11 is 0. The molecule has 2 aromatic rings. The summed E-state index contributed by atoms with van der Waals surface area (Å²) in [6.07, 6.45) is -0.582. The van der Waals surface area contributed by atoms with E-state index in [1.54, 1.807) is 20.1 Å². The number of aryl methyl sites for hydroxylation is 1. The van der Waals surface area contributed by atoms with E-state index in [1.807, 2.05) is 31.2 Å². The van der Waals surface area contributed by atoms with Crippen LogP contribution in [0.5, 0.6) is 17.2 Å². The predicted octanol–water partition coefficient (Wildman–Crippen LogP) is 4.09. The summed E-state index contributed by atoms with van der Waals surface area (Å²) in [5, 5.41) is 2.84. The molecule has 1 amide bonds. The van der Waals surface area contributed by atoms with Crippen molar-refractivity contribution >= 4 is 5.91 Å². The SMILES string of the molecule is COc1cccc(OCCNC(=O)[C@H](C)Oc2cc(C)ccc2C(C)C)c1. The Bertz CT molecular complexity index is 758. The Hall–Kier alpha value is -2.69. The van der Waals surface area contributed by atoms with Gasteiger partial charge in [0, 0.05) is 6.07 Å². The van der Waals surface area contributed by atoms with Crippen LogP contribution < -0.4 is 19.5 Å². The molecule has 0 bridgehead atoms.